The van der Waals surface area contributed by atoms with Gasteiger partial charge in [0.05, 0.1) is 24.0 Å². The second-order valence-corrected chi connectivity index (χ2v) is 6.93. The Bertz CT molecular complexity index is 1170. The van der Waals surface area contributed by atoms with Crippen LogP contribution in [0.2, 0.25) is 0 Å². The summed E-state index contributed by atoms with van der Waals surface area (Å²) in [7, 11) is 0. The highest BCUT2D eigenvalue weighted by Crippen LogP contribution is 2.28. The summed E-state index contributed by atoms with van der Waals surface area (Å²) in [4.78, 5) is 4.11. The number of nitriles is 2. The van der Waals surface area contributed by atoms with Gasteiger partial charge in [0.15, 0.2) is 0 Å². The topological polar surface area (TPSA) is 69.2 Å². The van der Waals surface area contributed by atoms with E-state index in [0.717, 1.165) is 46.6 Å². The summed E-state index contributed by atoms with van der Waals surface area (Å²) in [6, 6.07) is 24.1. The molecule has 4 nitrogen and oxygen atoms in total. The number of para-hydroxylation sites is 1. The molecule has 0 atom stereocenters. The first-order chi connectivity index (χ1) is 14.3. The minimum atomic E-state index is 0.463. The molecule has 29 heavy (non-hydrogen) atoms. The van der Waals surface area contributed by atoms with Gasteiger partial charge in [-0.15, -0.1) is 0 Å². The highest BCUT2D eigenvalue weighted by molar-refractivity contribution is 6.03. The minimum absolute atomic E-state index is 0.463. The number of aliphatic imine (C=N–C) groups is 1. The number of ether oxygens (including phenoxy) is 1. The van der Waals surface area contributed by atoms with Crippen LogP contribution in [0, 0.1) is 22.8 Å². The minimum Gasteiger partial charge on any atom is -0.493 e. The largest absolute Gasteiger partial charge is 0.493 e. The van der Waals surface area contributed by atoms with Gasteiger partial charge in [0.1, 0.15) is 5.75 Å². The Labute approximate surface area is 170 Å². The number of hydrogen-bond acceptors (Lipinski definition) is 4. The fourth-order valence-corrected chi connectivity index (χ4v) is 3.70. The lowest BCUT2D eigenvalue weighted by Crippen LogP contribution is -2.13. The molecule has 0 saturated heterocycles. The predicted molar refractivity (Wildman–Crippen MR) is 113 cm³/mol. The Balaban J connectivity index is 1.78. The van der Waals surface area contributed by atoms with Gasteiger partial charge in [0, 0.05) is 12.0 Å². The van der Waals surface area contributed by atoms with E-state index in [1.54, 1.807) is 6.07 Å². The van der Waals surface area contributed by atoms with Crippen molar-refractivity contribution in [3.8, 4) is 29.1 Å². The molecule has 140 valence electrons. The van der Waals surface area contributed by atoms with Gasteiger partial charge in [0.2, 0.25) is 6.19 Å². The van der Waals surface area contributed by atoms with Crippen LogP contribution in [-0.4, -0.2) is 12.3 Å². The Morgan fingerprint density at radius 1 is 0.793 bits per heavy atom. The smallest absolute Gasteiger partial charge is 0.205 e. The van der Waals surface area contributed by atoms with Crippen LogP contribution in [0.3, 0.4) is 0 Å². The first-order valence-electron chi connectivity index (χ1n) is 9.58. The molecule has 0 N–H and O–H groups in total. The van der Waals surface area contributed by atoms with Crippen molar-refractivity contribution in [1.82, 2.24) is 0 Å². The third-order valence-electron chi connectivity index (χ3n) is 5.16. The number of rotatable bonds is 1. The standard InChI is InChI=1S/C25H19N3O/c26-16-18-4-3-6-21(14-18)22-11-9-19-8-10-20-5-1-2-7-25(20)29-13-12-24(28-17-27)23(19)15-22/h1-7,9,11,14-15H,8,10,12-13H2. The number of fused-ring (bicyclic) bond motifs is 2. The number of nitrogens with zero attached hydrogens (tertiary/aromatic N) is 3. The number of benzene rings is 3. The Morgan fingerprint density at radius 2 is 1.62 bits per heavy atom. The van der Waals surface area contributed by atoms with Crippen molar-refractivity contribution < 1.29 is 4.74 Å². The lowest BCUT2D eigenvalue weighted by Gasteiger charge is -2.18. The van der Waals surface area contributed by atoms with Crippen molar-refractivity contribution in [2.24, 2.45) is 4.99 Å². The molecule has 3 aromatic rings. The lowest BCUT2D eigenvalue weighted by molar-refractivity contribution is 0.325. The molecule has 0 aromatic heterocycles. The van der Waals surface area contributed by atoms with E-state index in [1.165, 1.54) is 5.56 Å². The molecule has 0 fully saturated rings. The van der Waals surface area contributed by atoms with Crippen LogP contribution in [0.4, 0.5) is 0 Å². The second kappa shape index (κ2) is 8.42. The molecule has 3 aromatic carbocycles. The van der Waals surface area contributed by atoms with Crippen molar-refractivity contribution in [1.29, 1.82) is 10.5 Å². The van der Waals surface area contributed by atoms with E-state index < -0.39 is 0 Å². The summed E-state index contributed by atoms with van der Waals surface area (Å²) in [6.45, 7) is 0.463. The maximum Gasteiger partial charge on any atom is 0.205 e. The Morgan fingerprint density at radius 3 is 2.48 bits per heavy atom. The van der Waals surface area contributed by atoms with Crippen LogP contribution >= 0.6 is 0 Å². The van der Waals surface area contributed by atoms with Crippen molar-refractivity contribution in [2.75, 3.05) is 6.61 Å². The van der Waals surface area contributed by atoms with E-state index in [4.69, 9.17) is 4.74 Å². The molecule has 4 heteroatoms. The second-order valence-electron chi connectivity index (χ2n) is 6.93. The molecule has 1 aliphatic heterocycles. The Hall–Kier alpha value is -3.89. The maximum atomic E-state index is 9.23. The molecular formula is C25H19N3O. The van der Waals surface area contributed by atoms with E-state index >= 15 is 0 Å². The highest BCUT2D eigenvalue weighted by atomic mass is 16.5. The van der Waals surface area contributed by atoms with E-state index in [1.807, 2.05) is 42.6 Å². The SMILES string of the molecule is N#CN=C1CCOc2ccccc2CCc2ccc(-c3cccc(C#N)c3)cc21. The lowest BCUT2D eigenvalue weighted by atomic mass is 9.91. The van der Waals surface area contributed by atoms with Gasteiger partial charge in [-0.2, -0.15) is 15.5 Å². The van der Waals surface area contributed by atoms with E-state index in [0.29, 0.717) is 18.6 Å². The third kappa shape index (κ3) is 4.03. The molecule has 0 bridgehead atoms. The van der Waals surface area contributed by atoms with Crippen LogP contribution < -0.4 is 4.74 Å². The maximum absolute atomic E-state index is 9.23. The van der Waals surface area contributed by atoms with Crippen LogP contribution in [0.15, 0.2) is 71.7 Å². The van der Waals surface area contributed by atoms with Crippen molar-refractivity contribution in [2.45, 2.75) is 19.3 Å². The first kappa shape index (κ1) is 18.5. The van der Waals surface area contributed by atoms with Gasteiger partial charge in [-0.1, -0.05) is 42.5 Å². The highest BCUT2D eigenvalue weighted by Gasteiger charge is 2.15. The van der Waals surface area contributed by atoms with Gasteiger partial charge >= 0.3 is 0 Å². The summed E-state index contributed by atoms with van der Waals surface area (Å²) in [5, 5.41) is 18.4. The van der Waals surface area contributed by atoms with E-state index in [2.05, 4.69) is 35.3 Å². The van der Waals surface area contributed by atoms with Crippen LogP contribution in [-0.2, 0) is 12.8 Å². The quantitative estimate of drug-likeness (QED) is 0.556. The summed E-state index contributed by atoms with van der Waals surface area (Å²) < 4.78 is 5.97. The fourth-order valence-electron chi connectivity index (χ4n) is 3.70. The molecule has 4 rings (SSSR count). The monoisotopic (exact) mass is 377 g/mol. The number of hydrogen-bond donors (Lipinski definition) is 0. The predicted octanol–water partition coefficient (Wildman–Crippen LogP) is 5.06. The Kier molecular flexibility index (Phi) is 5.36. The zero-order valence-electron chi connectivity index (χ0n) is 15.9. The van der Waals surface area contributed by atoms with Gasteiger partial charge in [-0.3, -0.25) is 0 Å². The molecule has 1 heterocycles. The van der Waals surface area contributed by atoms with Gasteiger partial charge in [-0.25, -0.2) is 0 Å². The first-order valence-corrected chi connectivity index (χ1v) is 9.58. The summed E-state index contributed by atoms with van der Waals surface area (Å²) >= 11 is 0. The van der Waals surface area contributed by atoms with Crippen LogP contribution in [0.5, 0.6) is 5.75 Å². The zero-order valence-corrected chi connectivity index (χ0v) is 15.9. The van der Waals surface area contributed by atoms with Crippen molar-refractivity contribution >= 4 is 5.71 Å². The number of aryl methyl sites for hydroxylation is 2. The van der Waals surface area contributed by atoms with Crippen LogP contribution in [0.1, 0.15) is 28.7 Å². The van der Waals surface area contributed by atoms with Gasteiger partial charge in [0.25, 0.3) is 0 Å². The molecule has 0 amide bonds. The van der Waals surface area contributed by atoms with Gasteiger partial charge < -0.3 is 4.74 Å². The van der Waals surface area contributed by atoms with E-state index in [9.17, 15) is 10.5 Å². The molecule has 0 unspecified atom stereocenters. The molecule has 1 aliphatic rings. The molecule has 0 spiro atoms. The van der Waals surface area contributed by atoms with Crippen LogP contribution in [0.25, 0.3) is 11.1 Å². The summed E-state index contributed by atoms with van der Waals surface area (Å²) in [5.74, 6) is 0.900. The summed E-state index contributed by atoms with van der Waals surface area (Å²) in [6.07, 6.45) is 4.19. The van der Waals surface area contributed by atoms with Gasteiger partial charge in [-0.05, 0) is 59.4 Å². The zero-order chi connectivity index (χ0) is 20.1. The normalized spacial score (nSPS) is 14.6. The van der Waals surface area contributed by atoms with E-state index in [-0.39, 0.29) is 0 Å². The molecule has 0 radical (unpaired) electrons. The molecule has 0 saturated carbocycles. The molecule has 0 aliphatic carbocycles. The average molecular weight is 377 g/mol. The van der Waals surface area contributed by atoms with Crippen molar-refractivity contribution in [3.05, 3.63) is 89.0 Å². The van der Waals surface area contributed by atoms with Crippen molar-refractivity contribution in [3.63, 3.8) is 0 Å². The molecular weight excluding hydrogens is 358 g/mol. The summed E-state index contributed by atoms with van der Waals surface area (Å²) in [5.41, 5.74) is 6.67. The average Bonchev–Trinajstić information content (AvgIpc) is 2.78. The fraction of sp³-hybridized carbons (Fsp3) is 0.160. The third-order valence-corrected chi connectivity index (χ3v) is 5.16.